The molecule has 0 spiro atoms. The number of hydrogen-bond acceptors (Lipinski definition) is 2. The van der Waals surface area contributed by atoms with Crippen molar-refractivity contribution in [3.8, 4) is 0 Å². The minimum absolute atomic E-state index is 0.226. The Morgan fingerprint density at radius 3 is 2.23 bits per heavy atom. The highest BCUT2D eigenvalue weighted by atomic mass is 19.1. The predicted octanol–water partition coefficient (Wildman–Crippen LogP) is 3.64. The monoisotopic (exact) mass is 296 g/mol. The highest BCUT2D eigenvalue weighted by Crippen LogP contribution is 2.26. The molecule has 2 nitrogen and oxygen atoms in total. The minimum Gasteiger partial charge on any atom is -0.369 e. The van der Waals surface area contributed by atoms with Crippen LogP contribution in [-0.2, 0) is 0 Å². The van der Waals surface area contributed by atoms with Crippen molar-refractivity contribution in [2.24, 2.45) is 0 Å². The molecule has 0 N–H and O–H groups in total. The van der Waals surface area contributed by atoms with E-state index in [2.05, 4.69) is 35.6 Å². The summed E-state index contributed by atoms with van der Waals surface area (Å²) in [7, 11) is 2.15. The number of likely N-dealkylation sites (N-methyl/N-ethyl adjacent to an activating group) is 1. The topological polar surface area (TPSA) is 6.48 Å². The van der Waals surface area contributed by atoms with E-state index in [0.717, 1.165) is 37.3 Å². The second kappa shape index (κ2) is 6.32. The van der Waals surface area contributed by atoms with Gasteiger partial charge in [0.25, 0.3) is 0 Å². The smallest absolute Gasteiger partial charge is 0.131 e. The molecule has 3 rings (SSSR count). The van der Waals surface area contributed by atoms with Crippen molar-refractivity contribution in [3.05, 3.63) is 72.1 Å². The zero-order valence-corrected chi connectivity index (χ0v) is 12.9. The lowest BCUT2D eigenvalue weighted by molar-refractivity contribution is 0.313. The molecule has 1 aliphatic heterocycles. The van der Waals surface area contributed by atoms with Gasteiger partial charge in [-0.2, -0.15) is 0 Å². The maximum atomic E-state index is 13.9. The van der Waals surface area contributed by atoms with Gasteiger partial charge in [-0.25, -0.2) is 4.39 Å². The summed E-state index contributed by atoms with van der Waals surface area (Å²) in [6.07, 6.45) is 0. The van der Waals surface area contributed by atoms with Crippen molar-refractivity contribution < 1.29 is 4.39 Å². The number of anilines is 1. The maximum Gasteiger partial charge on any atom is 0.131 e. The molecule has 2 aromatic carbocycles. The van der Waals surface area contributed by atoms with Crippen LogP contribution in [0.5, 0.6) is 0 Å². The van der Waals surface area contributed by atoms with Crippen molar-refractivity contribution in [1.82, 2.24) is 4.90 Å². The molecule has 22 heavy (non-hydrogen) atoms. The lowest BCUT2D eigenvalue weighted by atomic mass is 9.99. The van der Waals surface area contributed by atoms with Gasteiger partial charge in [0.2, 0.25) is 0 Å². The molecule has 0 aromatic heterocycles. The summed E-state index contributed by atoms with van der Waals surface area (Å²) < 4.78 is 13.9. The minimum atomic E-state index is -0.226. The summed E-state index contributed by atoms with van der Waals surface area (Å²) >= 11 is 0. The number of nitrogens with zero attached hydrogens (tertiary/aromatic N) is 2. The Labute approximate surface area is 131 Å². The Morgan fingerprint density at radius 2 is 1.59 bits per heavy atom. The van der Waals surface area contributed by atoms with Gasteiger partial charge in [-0.15, -0.1) is 0 Å². The predicted molar refractivity (Wildman–Crippen MR) is 90.7 cm³/mol. The SMILES string of the molecule is C=C(c1ccc(N2CCN(C)CC2)cc1)c1ccccc1F. The fourth-order valence-corrected chi connectivity index (χ4v) is 2.80. The largest absolute Gasteiger partial charge is 0.369 e. The van der Waals surface area contributed by atoms with E-state index in [1.165, 1.54) is 11.8 Å². The van der Waals surface area contributed by atoms with Crippen LogP contribution < -0.4 is 4.90 Å². The van der Waals surface area contributed by atoms with Gasteiger partial charge in [0, 0.05) is 37.4 Å². The first-order chi connectivity index (χ1) is 10.6. The molecule has 0 amide bonds. The summed E-state index contributed by atoms with van der Waals surface area (Å²) in [5.41, 5.74) is 3.47. The second-order valence-electron chi connectivity index (χ2n) is 5.80. The van der Waals surface area contributed by atoms with Crippen LogP contribution in [0.2, 0.25) is 0 Å². The normalized spacial score (nSPS) is 15.8. The van der Waals surface area contributed by atoms with Crippen molar-refractivity contribution in [3.63, 3.8) is 0 Å². The van der Waals surface area contributed by atoms with Crippen LogP contribution in [0.1, 0.15) is 11.1 Å². The molecule has 114 valence electrons. The standard InChI is InChI=1S/C19H21FN2/c1-15(18-5-3-4-6-19(18)20)16-7-9-17(10-8-16)22-13-11-21(2)12-14-22/h3-10H,1,11-14H2,2H3. The third-order valence-corrected chi connectivity index (χ3v) is 4.28. The molecule has 1 aliphatic rings. The van der Waals surface area contributed by atoms with Gasteiger partial charge >= 0.3 is 0 Å². The fourth-order valence-electron chi connectivity index (χ4n) is 2.80. The Kier molecular flexibility index (Phi) is 4.25. The van der Waals surface area contributed by atoms with E-state index < -0.39 is 0 Å². The lowest BCUT2D eigenvalue weighted by Crippen LogP contribution is -2.44. The van der Waals surface area contributed by atoms with Crippen molar-refractivity contribution in [1.29, 1.82) is 0 Å². The van der Waals surface area contributed by atoms with Crippen molar-refractivity contribution in [2.45, 2.75) is 0 Å². The Balaban J connectivity index is 1.77. The van der Waals surface area contributed by atoms with Gasteiger partial charge in [0.05, 0.1) is 0 Å². The van der Waals surface area contributed by atoms with E-state index in [4.69, 9.17) is 0 Å². The zero-order valence-electron chi connectivity index (χ0n) is 12.9. The van der Waals surface area contributed by atoms with E-state index in [-0.39, 0.29) is 5.82 Å². The molecule has 1 fully saturated rings. The number of rotatable bonds is 3. The highest BCUT2D eigenvalue weighted by molar-refractivity contribution is 5.79. The summed E-state index contributed by atoms with van der Waals surface area (Å²) in [5.74, 6) is -0.226. The third kappa shape index (κ3) is 3.04. The third-order valence-electron chi connectivity index (χ3n) is 4.28. The summed E-state index contributed by atoms with van der Waals surface area (Å²) in [6, 6.07) is 15.0. The van der Waals surface area contributed by atoms with Gasteiger partial charge in [-0.1, -0.05) is 36.9 Å². The summed E-state index contributed by atoms with van der Waals surface area (Å²) in [4.78, 5) is 4.72. The first-order valence-corrected chi connectivity index (χ1v) is 7.63. The molecule has 0 radical (unpaired) electrons. The molecule has 0 aliphatic carbocycles. The molecular formula is C19H21FN2. The van der Waals surface area contributed by atoms with Gasteiger partial charge in [0.1, 0.15) is 5.82 Å². The molecule has 0 saturated carbocycles. The molecular weight excluding hydrogens is 275 g/mol. The summed E-state index contributed by atoms with van der Waals surface area (Å²) in [5, 5.41) is 0. The van der Waals surface area contributed by atoms with E-state index in [9.17, 15) is 4.39 Å². The average molecular weight is 296 g/mol. The zero-order chi connectivity index (χ0) is 15.5. The molecule has 1 heterocycles. The lowest BCUT2D eigenvalue weighted by Gasteiger charge is -2.34. The molecule has 1 saturated heterocycles. The maximum absolute atomic E-state index is 13.9. The Hall–Kier alpha value is -2.13. The fraction of sp³-hybridized carbons (Fsp3) is 0.263. The van der Waals surface area contributed by atoms with E-state index in [1.807, 2.05) is 18.2 Å². The van der Waals surface area contributed by atoms with Crippen LogP contribution in [0.15, 0.2) is 55.1 Å². The second-order valence-corrected chi connectivity index (χ2v) is 5.80. The molecule has 2 aromatic rings. The van der Waals surface area contributed by atoms with Gasteiger partial charge in [-0.05, 0) is 36.4 Å². The van der Waals surface area contributed by atoms with Crippen molar-refractivity contribution >= 4 is 11.3 Å². The molecule has 0 bridgehead atoms. The highest BCUT2D eigenvalue weighted by Gasteiger charge is 2.14. The van der Waals surface area contributed by atoms with Crippen molar-refractivity contribution in [2.75, 3.05) is 38.1 Å². The Bertz CT molecular complexity index is 655. The molecule has 3 heteroatoms. The van der Waals surface area contributed by atoms with Crippen LogP contribution in [0.25, 0.3) is 5.57 Å². The number of piperazine rings is 1. The van der Waals surface area contributed by atoms with Crippen LogP contribution >= 0.6 is 0 Å². The molecule has 0 unspecified atom stereocenters. The molecule has 0 atom stereocenters. The van der Waals surface area contributed by atoms with Crippen LogP contribution in [0, 0.1) is 5.82 Å². The van der Waals surface area contributed by atoms with Gasteiger partial charge in [-0.3, -0.25) is 0 Å². The first kappa shape index (κ1) is 14.8. The van der Waals surface area contributed by atoms with Crippen LogP contribution in [0.4, 0.5) is 10.1 Å². The van der Waals surface area contributed by atoms with Gasteiger partial charge < -0.3 is 9.80 Å². The number of hydrogen-bond donors (Lipinski definition) is 0. The van der Waals surface area contributed by atoms with E-state index >= 15 is 0 Å². The van der Waals surface area contributed by atoms with Gasteiger partial charge in [0.15, 0.2) is 0 Å². The number of halogens is 1. The van der Waals surface area contributed by atoms with Crippen LogP contribution in [0.3, 0.4) is 0 Å². The Morgan fingerprint density at radius 1 is 0.955 bits per heavy atom. The van der Waals surface area contributed by atoms with E-state index in [0.29, 0.717) is 5.56 Å². The number of benzene rings is 2. The first-order valence-electron chi connectivity index (χ1n) is 7.63. The average Bonchev–Trinajstić information content (AvgIpc) is 2.56. The summed E-state index contributed by atoms with van der Waals surface area (Å²) in [6.45, 7) is 8.31. The van der Waals surface area contributed by atoms with E-state index in [1.54, 1.807) is 12.1 Å². The quantitative estimate of drug-likeness (QED) is 0.853. The van der Waals surface area contributed by atoms with Crippen LogP contribution in [-0.4, -0.2) is 38.1 Å².